The van der Waals surface area contributed by atoms with Crippen molar-refractivity contribution in [1.82, 2.24) is 19.3 Å². The number of amides is 2. The van der Waals surface area contributed by atoms with Gasteiger partial charge in [0.15, 0.2) is 11.5 Å². The van der Waals surface area contributed by atoms with Crippen LogP contribution in [0.3, 0.4) is 0 Å². The van der Waals surface area contributed by atoms with E-state index in [1.807, 2.05) is 43.5 Å². The van der Waals surface area contributed by atoms with Crippen LogP contribution >= 0.6 is 0 Å². The Balaban J connectivity index is 1.56. The number of aryl methyl sites for hydroxylation is 1. The zero-order chi connectivity index (χ0) is 20.1. The third-order valence-electron chi connectivity index (χ3n) is 5.39. The topological polar surface area (TPSA) is 107 Å². The molecule has 8 nitrogen and oxygen atoms in total. The number of oxazole rings is 1. The van der Waals surface area contributed by atoms with Crippen LogP contribution in [0, 0.1) is 6.92 Å². The third-order valence-corrected chi connectivity index (χ3v) is 5.39. The molecule has 5 rings (SSSR count). The maximum atomic E-state index is 13.1. The predicted octanol–water partition coefficient (Wildman–Crippen LogP) is 2.54. The minimum absolute atomic E-state index is 0.237. The summed E-state index contributed by atoms with van der Waals surface area (Å²) in [7, 11) is 0. The lowest BCUT2D eigenvalue weighted by molar-refractivity contribution is -0.121. The molecule has 1 atom stereocenters. The van der Waals surface area contributed by atoms with Crippen LogP contribution in [-0.2, 0) is 4.79 Å². The number of nitrogens with two attached hydrogens (primary N) is 1. The lowest BCUT2D eigenvalue weighted by Gasteiger charge is -2.21. The summed E-state index contributed by atoms with van der Waals surface area (Å²) in [5.41, 5.74) is 9.92. The molecule has 8 heteroatoms. The van der Waals surface area contributed by atoms with Crippen molar-refractivity contribution < 1.29 is 14.0 Å². The molecule has 1 fully saturated rings. The van der Waals surface area contributed by atoms with Gasteiger partial charge in [0.25, 0.3) is 5.91 Å². The van der Waals surface area contributed by atoms with E-state index in [9.17, 15) is 9.59 Å². The molecule has 1 saturated heterocycles. The van der Waals surface area contributed by atoms with E-state index in [1.165, 1.54) is 0 Å². The van der Waals surface area contributed by atoms with Crippen molar-refractivity contribution in [3.8, 4) is 11.1 Å². The first-order valence-corrected chi connectivity index (χ1v) is 9.46. The number of pyridine rings is 1. The number of imidazole rings is 1. The highest BCUT2D eigenvalue weighted by atomic mass is 16.3. The molecule has 0 saturated carbocycles. The number of fused-ring (bicyclic) bond motifs is 2. The van der Waals surface area contributed by atoms with Crippen molar-refractivity contribution in [2.24, 2.45) is 5.73 Å². The number of hydrogen-bond donors (Lipinski definition) is 1. The molecule has 1 aliphatic rings. The third kappa shape index (κ3) is 2.84. The summed E-state index contributed by atoms with van der Waals surface area (Å²) < 4.78 is 7.30. The Hall–Kier alpha value is -3.68. The Bertz CT molecular complexity index is 1270. The van der Waals surface area contributed by atoms with Crippen molar-refractivity contribution >= 4 is 28.6 Å². The van der Waals surface area contributed by atoms with Gasteiger partial charge in [-0.25, -0.2) is 9.97 Å². The number of carbonyl (C=O) groups excluding carboxylic acids is 2. The second kappa shape index (κ2) is 6.44. The van der Waals surface area contributed by atoms with Crippen molar-refractivity contribution in [2.45, 2.75) is 25.8 Å². The predicted molar refractivity (Wildman–Crippen MR) is 106 cm³/mol. The van der Waals surface area contributed by atoms with Crippen LogP contribution in [0.1, 0.15) is 29.2 Å². The first-order valence-electron chi connectivity index (χ1n) is 9.46. The van der Waals surface area contributed by atoms with Crippen LogP contribution in [0.4, 0.5) is 0 Å². The minimum atomic E-state index is -0.561. The quantitative estimate of drug-likeness (QED) is 0.579. The van der Waals surface area contributed by atoms with Crippen LogP contribution in [0.25, 0.3) is 27.9 Å². The number of primary amides is 1. The molecular weight excluding hydrogens is 370 g/mol. The molecule has 0 bridgehead atoms. The lowest BCUT2D eigenvalue weighted by Crippen LogP contribution is -2.44. The molecule has 0 spiro atoms. The SMILES string of the molecule is Cc1nc2cc(-c3ccc4ncc(C(=O)N5CCC[C@H]5C(N)=O)n4c3)ccc2o1. The molecule has 0 radical (unpaired) electrons. The van der Waals surface area contributed by atoms with E-state index in [0.29, 0.717) is 30.2 Å². The van der Waals surface area contributed by atoms with E-state index in [1.54, 1.807) is 15.5 Å². The second-order valence-electron chi connectivity index (χ2n) is 7.26. The summed E-state index contributed by atoms with van der Waals surface area (Å²) in [6.07, 6.45) is 4.78. The summed E-state index contributed by atoms with van der Waals surface area (Å²) >= 11 is 0. The van der Waals surface area contributed by atoms with Gasteiger partial charge >= 0.3 is 0 Å². The van der Waals surface area contributed by atoms with Gasteiger partial charge < -0.3 is 15.1 Å². The Labute approximate surface area is 165 Å². The van der Waals surface area contributed by atoms with Gasteiger partial charge in [-0.1, -0.05) is 6.07 Å². The summed E-state index contributed by atoms with van der Waals surface area (Å²) in [5.74, 6) is -0.0928. The summed E-state index contributed by atoms with van der Waals surface area (Å²) in [5, 5.41) is 0. The Kier molecular flexibility index (Phi) is 3.87. The fraction of sp³-hybridized carbons (Fsp3) is 0.238. The van der Waals surface area contributed by atoms with Gasteiger partial charge in [0.2, 0.25) is 5.91 Å². The summed E-state index contributed by atoms with van der Waals surface area (Å²) in [4.78, 5) is 35.1. The molecule has 2 amide bonds. The van der Waals surface area contributed by atoms with Crippen LogP contribution in [0.15, 0.2) is 47.1 Å². The van der Waals surface area contributed by atoms with Crippen molar-refractivity contribution in [3.05, 3.63) is 54.3 Å². The molecule has 0 aliphatic carbocycles. The van der Waals surface area contributed by atoms with Gasteiger partial charge in [-0.15, -0.1) is 0 Å². The molecular formula is C21H19N5O3. The fourth-order valence-electron chi connectivity index (χ4n) is 3.98. The number of carbonyl (C=O) groups is 2. The number of hydrogen-bond acceptors (Lipinski definition) is 5. The Morgan fingerprint density at radius 2 is 2.03 bits per heavy atom. The van der Waals surface area contributed by atoms with E-state index < -0.39 is 11.9 Å². The number of rotatable bonds is 3. The lowest BCUT2D eigenvalue weighted by atomic mass is 10.1. The molecule has 2 N–H and O–H groups in total. The van der Waals surface area contributed by atoms with E-state index >= 15 is 0 Å². The first kappa shape index (κ1) is 17.4. The molecule has 0 unspecified atom stereocenters. The zero-order valence-electron chi connectivity index (χ0n) is 15.8. The van der Waals surface area contributed by atoms with Crippen molar-refractivity contribution in [2.75, 3.05) is 6.54 Å². The molecule has 1 aromatic carbocycles. The summed E-state index contributed by atoms with van der Waals surface area (Å²) in [6, 6.07) is 9.04. The van der Waals surface area contributed by atoms with Crippen molar-refractivity contribution in [3.63, 3.8) is 0 Å². The second-order valence-corrected chi connectivity index (χ2v) is 7.26. The minimum Gasteiger partial charge on any atom is -0.441 e. The molecule has 29 heavy (non-hydrogen) atoms. The normalized spacial score (nSPS) is 16.7. The van der Waals surface area contributed by atoms with E-state index in [-0.39, 0.29) is 5.91 Å². The van der Waals surface area contributed by atoms with E-state index in [0.717, 1.165) is 28.6 Å². The average Bonchev–Trinajstić information content (AvgIpc) is 3.43. The maximum absolute atomic E-state index is 13.1. The molecule has 4 aromatic rings. The molecule has 4 heterocycles. The monoisotopic (exact) mass is 389 g/mol. The van der Waals surface area contributed by atoms with Gasteiger partial charge in [0.05, 0.1) is 6.20 Å². The zero-order valence-corrected chi connectivity index (χ0v) is 15.8. The van der Waals surface area contributed by atoms with Crippen LogP contribution in [0.2, 0.25) is 0 Å². The Morgan fingerprint density at radius 1 is 1.21 bits per heavy atom. The van der Waals surface area contributed by atoms with Crippen LogP contribution in [-0.4, -0.2) is 43.7 Å². The highest BCUT2D eigenvalue weighted by molar-refractivity contribution is 5.97. The largest absolute Gasteiger partial charge is 0.441 e. The molecule has 1 aliphatic heterocycles. The number of nitrogens with zero attached hydrogens (tertiary/aromatic N) is 4. The molecule has 146 valence electrons. The number of benzene rings is 1. The van der Waals surface area contributed by atoms with Gasteiger partial charge in [0, 0.05) is 19.7 Å². The van der Waals surface area contributed by atoms with Gasteiger partial charge in [0.1, 0.15) is 22.9 Å². The number of aromatic nitrogens is 3. The van der Waals surface area contributed by atoms with E-state index in [4.69, 9.17) is 10.2 Å². The van der Waals surface area contributed by atoms with Gasteiger partial charge in [-0.3, -0.25) is 14.0 Å². The summed E-state index contributed by atoms with van der Waals surface area (Å²) in [6.45, 7) is 2.33. The maximum Gasteiger partial charge on any atom is 0.273 e. The van der Waals surface area contributed by atoms with Crippen LogP contribution in [0.5, 0.6) is 0 Å². The Morgan fingerprint density at radius 3 is 2.86 bits per heavy atom. The first-order chi connectivity index (χ1) is 14.0. The average molecular weight is 389 g/mol. The molecule has 3 aromatic heterocycles. The highest BCUT2D eigenvalue weighted by Gasteiger charge is 2.34. The highest BCUT2D eigenvalue weighted by Crippen LogP contribution is 2.26. The van der Waals surface area contributed by atoms with E-state index in [2.05, 4.69) is 9.97 Å². The standard InChI is InChI=1S/C21H19N5O3/c1-12-24-15-9-13(4-6-18(15)29-12)14-5-7-19-23-10-17(26(19)11-14)21(28)25-8-2-3-16(25)20(22)27/h4-7,9-11,16H,2-3,8H2,1H3,(H2,22,27)/t16-/m0/s1. The number of likely N-dealkylation sites (tertiary alicyclic amines) is 1. The van der Waals surface area contributed by atoms with Crippen molar-refractivity contribution in [1.29, 1.82) is 0 Å². The smallest absolute Gasteiger partial charge is 0.273 e. The van der Waals surface area contributed by atoms with Crippen LogP contribution < -0.4 is 5.73 Å². The van der Waals surface area contributed by atoms with Gasteiger partial charge in [-0.05, 0) is 48.2 Å². The van der Waals surface area contributed by atoms with Gasteiger partial charge in [-0.2, -0.15) is 0 Å². The fourth-order valence-corrected chi connectivity index (χ4v) is 3.98.